The van der Waals surface area contributed by atoms with E-state index in [4.69, 9.17) is 10.5 Å². The number of fused-ring (bicyclic) bond motifs is 1. The number of anilines is 3. The van der Waals surface area contributed by atoms with Gasteiger partial charge in [0, 0.05) is 25.9 Å². The van der Waals surface area contributed by atoms with Crippen molar-refractivity contribution in [1.29, 1.82) is 0 Å². The van der Waals surface area contributed by atoms with E-state index in [-0.39, 0.29) is 43.7 Å². The maximum atomic E-state index is 13.6. The molecular weight excluding hydrogens is 446 g/mol. The molecule has 1 aliphatic heterocycles. The van der Waals surface area contributed by atoms with E-state index in [9.17, 15) is 14.4 Å². The number of nitrogens with zero attached hydrogens (tertiary/aromatic N) is 3. The summed E-state index contributed by atoms with van der Waals surface area (Å²) in [5.74, 6) is -0.348. The van der Waals surface area contributed by atoms with Crippen LogP contribution in [0, 0.1) is 6.92 Å². The van der Waals surface area contributed by atoms with Crippen LogP contribution in [0.15, 0.2) is 58.1 Å². The lowest BCUT2D eigenvalue weighted by atomic mass is 9.99. The number of carbonyl (C=O) groups is 1. The predicted octanol–water partition coefficient (Wildman–Crippen LogP) is 1.91. The fourth-order valence-electron chi connectivity index (χ4n) is 4.52. The van der Waals surface area contributed by atoms with Gasteiger partial charge in [0.1, 0.15) is 5.82 Å². The van der Waals surface area contributed by atoms with Gasteiger partial charge in [0.15, 0.2) is 5.69 Å². The highest BCUT2D eigenvalue weighted by Crippen LogP contribution is 2.28. The first kappa shape index (κ1) is 24.3. The number of aromatic nitrogens is 2. The number of nitrogens with two attached hydrogens (primary N) is 1. The number of methoxy groups -OCH3 is 1. The average Bonchev–Trinajstić information content (AvgIpc) is 2.84. The molecule has 0 atom stereocenters. The van der Waals surface area contributed by atoms with Crippen molar-refractivity contribution in [1.82, 2.24) is 9.55 Å². The summed E-state index contributed by atoms with van der Waals surface area (Å²) in [5.41, 5.74) is 9.26. The average molecular weight is 478 g/mol. The van der Waals surface area contributed by atoms with Gasteiger partial charge in [0.25, 0.3) is 5.56 Å². The molecule has 2 aromatic carbocycles. The Hall–Kier alpha value is -3.85. The van der Waals surface area contributed by atoms with Gasteiger partial charge >= 0.3 is 5.69 Å². The molecular formula is C26H31N5O4. The second-order valence-electron chi connectivity index (χ2n) is 8.76. The van der Waals surface area contributed by atoms with Crippen LogP contribution < -0.4 is 26.8 Å². The van der Waals surface area contributed by atoms with Crippen molar-refractivity contribution in [3.05, 3.63) is 86.1 Å². The lowest BCUT2D eigenvalue weighted by molar-refractivity contribution is -0.117. The van der Waals surface area contributed by atoms with Gasteiger partial charge in [0.2, 0.25) is 5.91 Å². The molecule has 9 nitrogen and oxygen atoms in total. The van der Waals surface area contributed by atoms with Crippen molar-refractivity contribution in [2.45, 2.75) is 26.3 Å². The number of aromatic amines is 1. The highest BCUT2D eigenvalue weighted by atomic mass is 16.5. The number of hydrogen-bond acceptors (Lipinski definition) is 6. The molecule has 9 heteroatoms. The van der Waals surface area contributed by atoms with E-state index in [0.29, 0.717) is 0 Å². The molecule has 1 aliphatic rings. The number of H-pyrrole nitrogens is 1. The third-order valence-electron chi connectivity index (χ3n) is 6.26. The van der Waals surface area contributed by atoms with E-state index < -0.39 is 11.2 Å². The van der Waals surface area contributed by atoms with E-state index in [0.717, 1.165) is 30.6 Å². The zero-order valence-corrected chi connectivity index (χ0v) is 20.1. The minimum absolute atomic E-state index is 0.0382. The topological polar surface area (TPSA) is 114 Å². The normalized spacial score (nSPS) is 12.9. The highest BCUT2D eigenvalue weighted by molar-refractivity contribution is 5.98. The van der Waals surface area contributed by atoms with Crippen molar-refractivity contribution in [3.63, 3.8) is 0 Å². The summed E-state index contributed by atoms with van der Waals surface area (Å²) in [6, 6.07) is 15.5. The molecule has 0 saturated carbocycles. The van der Waals surface area contributed by atoms with E-state index in [1.165, 1.54) is 27.7 Å². The molecule has 0 bridgehead atoms. The largest absolute Gasteiger partial charge is 0.383 e. The first-order valence-electron chi connectivity index (χ1n) is 11.7. The summed E-state index contributed by atoms with van der Waals surface area (Å²) >= 11 is 0. The predicted molar refractivity (Wildman–Crippen MR) is 137 cm³/mol. The van der Waals surface area contributed by atoms with E-state index >= 15 is 0 Å². The van der Waals surface area contributed by atoms with E-state index in [1.54, 1.807) is 0 Å². The van der Waals surface area contributed by atoms with Gasteiger partial charge in [-0.2, -0.15) is 0 Å². The maximum absolute atomic E-state index is 13.6. The Balaban J connectivity index is 1.68. The molecule has 0 saturated heterocycles. The highest BCUT2D eigenvalue weighted by Gasteiger charge is 2.27. The van der Waals surface area contributed by atoms with Crippen LogP contribution in [0.5, 0.6) is 0 Å². The number of ether oxygens (including phenoxy) is 1. The van der Waals surface area contributed by atoms with Gasteiger partial charge in [-0.15, -0.1) is 0 Å². The molecule has 0 aliphatic carbocycles. The van der Waals surface area contributed by atoms with Crippen molar-refractivity contribution in [2.75, 3.05) is 48.9 Å². The van der Waals surface area contributed by atoms with Crippen LogP contribution in [0.25, 0.3) is 0 Å². The molecule has 4 rings (SSSR count). The number of benzene rings is 2. The summed E-state index contributed by atoms with van der Waals surface area (Å²) in [6.45, 7) is 3.37. The Kier molecular flexibility index (Phi) is 7.36. The zero-order chi connectivity index (χ0) is 24.9. The minimum Gasteiger partial charge on any atom is -0.383 e. The third-order valence-corrected chi connectivity index (χ3v) is 6.26. The van der Waals surface area contributed by atoms with Crippen molar-refractivity contribution < 1.29 is 9.53 Å². The Bertz CT molecular complexity index is 1320. The van der Waals surface area contributed by atoms with E-state index in [2.05, 4.69) is 18.0 Å². The van der Waals surface area contributed by atoms with Crippen LogP contribution in [0.2, 0.25) is 0 Å². The minimum atomic E-state index is -0.698. The molecule has 1 amide bonds. The molecule has 0 radical (unpaired) electrons. The summed E-state index contributed by atoms with van der Waals surface area (Å²) < 4.78 is 6.48. The number of nitrogen functional groups attached to an aromatic ring is 1. The number of carbonyl (C=O) groups excluding carboxylic acids is 1. The number of nitrogens with one attached hydrogen (secondary N) is 1. The fraction of sp³-hybridized carbons (Fsp3) is 0.346. The SMILES string of the molecule is COCCN(C(=O)CN1CCCc2cc(C)ccc21)c1c(N)n(Cc2ccccc2)c(=O)[nH]c1=O. The second-order valence-corrected chi connectivity index (χ2v) is 8.76. The molecule has 184 valence electrons. The Morgan fingerprint density at radius 3 is 2.69 bits per heavy atom. The van der Waals surface area contributed by atoms with Gasteiger partial charge in [-0.1, -0.05) is 48.0 Å². The molecule has 0 fully saturated rings. The summed E-state index contributed by atoms with van der Waals surface area (Å²) in [6.07, 6.45) is 1.90. The van der Waals surface area contributed by atoms with Gasteiger partial charge in [-0.25, -0.2) is 4.79 Å². The maximum Gasteiger partial charge on any atom is 0.330 e. The number of aryl methyl sites for hydroxylation is 2. The molecule has 2 heterocycles. The van der Waals surface area contributed by atoms with Crippen LogP contribution in [0.1, 0.15) is 23.1 Å². The standard InChI is InChI=1S/C26H31N5O4/c1-18-10-11-21-20(15-18)9-6-12-29(21)17-22(32)30(13-14-35-2)23-24(27)31(26(34)28-25(23)33)16-19-7-4-3-5-8-19/h3-5,7-8,10-11,15H,6,9,12-14,16-17,27H2,1-2H3,(H,28,33,34). The summed E-state index contributed by atoms with van der Waals surface area (Å²) in [5, 5.41) is 0. The molecule has 0 unspecified atom stereocenters. The van der Waals surface area contributed by atoms with Crippen LogP contribution >= 0.6 is 0 Å². The number of amides is 1. The summed E-state index contributed by atoms with van der Waals surface area (Å²) in [7, 11) is 1.52. The van der Waals surface area contributed by atoms with Gasteiger partial charge in [-0.05, 0) is 37.0 Å². The molecule has 3 aromatic rings. The fourth-order valence-corrected chi connectivity index (χ4v) is 4.52. The Morgan fingerprint density at radius 2 is 1.94 bits per heavy atom. The van der Waals surface area contributed by atoms with Crippen LogP contribution in [0.3, 0.4) is 0 Å². The Labute approximate surface area is 203 Å². The molecule has 1 aromatic heterocycles. The summed E-state index contributed by atoms with van der Waals surface area (Å²) in [4.78, 5) is 44.8. The van der Waals surface area contributed by atoms with Crippen LogP contribution in [-0.4, -0.2) is 48.8 Å². The number of rotatable bonds is 8. The van der Waals surface area contributed by atoms with E-state index in [1.807, 2.05) is 47.4 Å². The Morgan fingerprint density at radius 1 is 1.17 bits per heavy atom. The van der Waals surface area contributed by atoms with Gasteiger partial charge in [-0.3, -0.25) is 19.1 Å². The molecule has 3 N–H and O–H groups in total. The number of hydrogen-bond donors (Lipinski definition) is 2. The second kappa shape index (κ2) is 10.6. The third kappa shape index (κ3) is 5.30. The quantitative estimate of drug-likeness (QED) is 0.512. The van der Waals surface area contributed by atoms with Gasteiger partial charge < -0.3 is 20.3 Å². The van der Waals surface area contributed by atoms with Crippen molar-refractivity contribution in [3.8, 4) is 0 Å². The lowest BCUT2D eigenvalue weighted by Crippen LogP contribution is -2.47. The van der Waals surface area contributed by atoms with Crippen molar-refractivity contribution in [2.24, 2.45) is 0 Å². The monoisotopic (exact) mass is 477 g/mol. The van der Waals surface area contributed by atoms with Crippen LogP contribution in [-0.2, 0) is 22.5 Å². The smallest absolute Gasteiger partial charge is 0.330 e. The van der Waals surface area contributed by atoms with Crippen LogP contribution in [0.4, 0.5) is 17.2 Å². The molecule has 0 spiro atoms. The lowest BCUT2D eigenvalue weighted by Gasteiger charge is -2.33. The van der Waals surface area contributed by atoms with Crippen molar-refractivity contribution >= 4 is 23.1 Å². The van der Waals surface area contributed by atoms with Gasteiger partial charge in [0.05, 0.1) is 19.7 Å². The zero-order valence-electron chi connectivity index (χ0n) is 20.1. The first-order valence-corrected chi connectivity index (χ1v) is 11.7. The molecule has 35 heavy (non-hydrogen) atoms. The first-order chi connectivity index (χ1) is 16.9.